The molecule has 31 heavy (non-hydrogen) atoms. The number of aliphatic hydroxyl groups is 1. The molecule has 0 amide bonds. The summed E-state index contributed by atoms with van der Waals surface area (Å²) in [4.78, 5) is 0. The fourth-order valence-electron chi connectivity index (χ4n) is 3.72. The first-order valence-corrected chi connectivity index (χ1v) is 12.3. The van der Waals surface area contributed by atoms with Crippen LogP contribution in [-0.4, -0.2) is 24.3 Å². The number of hydrogen-bond donors (Lipinski definition) is 2. The molecule has 2 rings (SSSR count). The number of ether oxygens (including phenoxy) is 1. The van der Waals surface area contributed by atoms with Crippen molar-refractivity contribution in [3.05, 3.63) is 64.7 Å². The molecule has 0 aliphatic carbocycles. The Bertz CT molecular complexity index is 719. The Morgan fingerprint density at radius 3 is 2.29 bits per heavy atom. The van der Waals surface area contributed by atoms with E-state index < -0.39 is 6.10 Å². The van der Waals surface area contributed by atoms with E-state index in [-0.39, 0.29) is 6.04 Å². The number of rotatable bonds is 16. The molecule has 2 N–H and O–H groups in total. The third-order valence-electron chi connectivity index (χ3n) is 5.62. The van der Waals surface area contributed by atoms with Crippen molar-refractivity contribution in [1.82, 2.24) is 5.32 Å². The SMILES string of the molecule is CCCCCCCCCCOc1ccc(CC(C)NCC(O)c2cccc(Cl)c2)cc1. The normalized spacial score (nSPS) is 13.2. The van der Waals surface area contributed by atoms with Crippen LogP contribution in [0.5, 0.6) is 5.75 Å². The molecule has 3 nitrogen and oxygen atoms in total. The zero-order valence-electron chi connectivity index (χ0n) is 19.3. The van der Waals surface area contributed by atoms with Crippen molar-refractivity contribution in [3.63, 3.8) is 0 Å². The first-order valence-electron chi connectivity index (χ1n) is 12.0. The number of unbranched alkanes of at least 4 members (excludes halogenated alkanes) is 7. The van der Waals surface area contributed by atoms with E-state index in [4.69, 9.17) is 16.3 Å². The van der Waals surface area contributed by atoms with Gasteiger partial charge in [0.05, 0.1) is 12.7 Å². The van der Waals surface area contributed by atoms with Crippen molar-refractivity contribution in [1.29, 1.82) is 0 Å². The maximum absolute atomic E-state index is 10.3. The van der Waals surface area contributed by atoms with Crippen LogP contribution in [0.25, 0.3) is 0 Å². The Kier molecular flexibility index (Phi) is 12.7. The van der Waals surface area contributed by atoms with E-state index in [0.717, 1.165) is 30.8 Å². The molecule has 2 atom stereocenters. The van der Waals surface area contributed by atoms with Gasteiger partial charge in [0, 0.05) is 17.6 Å². The first kappa shape index (κ1) is 25.7. The molecule has 4 heteroatoms. The second kappa shape index (κ2) is 15.3. The molecule has 0 aliphatic rings. The smallest absolute Gasteiger partial charge is 0.119 e. The average molecular weight is 446 g/mol. The zero-order valence-corrected chi connectivity index (χ0v) is 20.0. The van der Waals surface area contributed by atoms with Crippen LogP contribution in [0.15, 0.2) is 48.5 Å². The molecule has 0 saturated heterocycles. The molecule has 0 fully saturated rings. The lowest BCUT2D eigenvalue weighted by Crippen LogP contribution is -2.32. The molecule has 2 aromatic carbocycles. The van der Waals surface area contributed by atoms with Crippen molar-refractivity contribution in [2.75, 3.05) is 13.2 Å². The summed E-state index contributed by atoms with van der Waals surface area (Å²) in [6.45, 7) is 5.70. The fraction of sp³-hybridized carbons (Fsp3) is 0.556. The molecule has 0 radical (unpaired) electrons. The lowest BCUT2D eigenvalue weighted by molar-refractivity contribution is 0.170. The number of nitrogens with one attached hydrogen (secondary N) is 1. The van der Waals surface area contributed by atoms with E-state index in [1.165, 1.54) is 50.5 Å². The second-order valence-electron chi connectivity index (χ2n) is 8.55. The summed E-state index contributed by atoms with van der Waals surface area (Å²) in [5.41, 5.74) is 2.10. The lowest BCUT2D eigenvalue weighted by atomic mass is 10.1. The molecule has 0 saturated carbocycles. The highest BCUT2D eigenvalue weighted by Crippen LogP contribution is 2.18. The summed E-state index contributed by atoms with van der Waals surface area (Å²) < 4.78 is 5.89. The number of halogens is 1. The molecule has 0 aliphatic heterocycles. The minimum Gasteiger partial charge on any atom is -0.494 e. The third kappa shape index (κ3) is 11.0. The topological polar surface area (TPSA) is 41.5 Å². The van der Waals surface area contributed by atoms with Crippen molar-refractivity contribution in [3.8, 4) is 5.75 Å². The number of aliphatic hydroxyl groups excluding tert-OH is 1. The van der Waals surface area contributed by atoms with Crippen LogP contribution in [0.1, 0.15) is 82.4 Å². The van der Waals surface area contributed by atoms with Gasteiger partial charge in [-0.3, -0.25) is 0 Å². The summed E-state index contributed by atoms with van der Waals surface area (Å²) >= 11 is 6.01. The largest absolute Gasteiger partial charge is 0.494 e. The van der Waals surface area contributed by atoms with Gasteiger partial charge < -0.3 is 15.2 Å². The van der Waals surface area contributed by atoms with Crippen LogP contribution < -0.4 is 10.1 Å². The predicted octanol–water partition coefficient (Wildman–Crippen LogP) is 7.11. The van der Waals surface area contributed by atoms with Gasteiger partial charge in [0.25, 0.3) is 0 Å². The van der Waals surface area contributed by atoms with E-state index in [1.54, 1.807) is 0 Å². The predicted molar refractivity (Wildman–Crippen MR) is 132 cm³/mol. The lowest BCUT2D eigenvalue weighted by Gasteiger charge is -2.18. The van der Waals surface area contributed by atoms with Crippen LogP contribution in [0.4, 0.5) is 0 Å². The van der Waals surface area contributed by atoms with Crippen molar-refractivity contribution in [2.45, 2.75) is 83.8 Å². The summed E-state index contributed by atoms with van der Waals surface area (Å²) in [6, 6.07) is 16.0. The van der Waals surface area contributed by atoms with E-state index in [2.05, 4.69) is 43.4 Å². The minimum absolute atomic E-state index is 0.262. The Hall–Kier alpha value is -1.55. The van der Waals surface area contributed by atoms with Crippen molar-refractivity contribution in [2.24, 2.45) is 0 Å². The van der Waals surface area contributed by atoms with Gasteiger partial charge in [-0.1, -0.05) is 87.7 Å². The highest BCUT2D eigenvalue weighted by atomic mass is 35.5. The molecule has 0 spiro atoms. The van der Waals surface area contributed by atoms with Crippen LogP contribution in [-0.2, 0) is 6.42 Å². The minimum atomic E-state index is -0.562. The first-order chi connectivity index (χ1) is 15.1. The van der Waals surface area contributed by atoms with Gasteiger partial charge in [-0.25, -0.2) is 0 Å². The molecule has 0 heterocycles. The van der Waals surface area contributed by atoms with Crippen molar-refractivity contribution >= 4 is 11.6 Å². The zero-order chi connectivity index (χ0) is 22.3. The number of hydrogen-bond acceptors (Lipinski definition) is 3. The Balaban J connectivity index is 1.59. The molecule has 2 unspecified atom stereocenters. The summed E-state index contributed by atoms with van der Waals surface area (Å²) in [7, 11) is 0. The molecule has 0 bridgehead atoms. The quantitative estimate of drug-likeness (QED) is 0.270. The monoisotopic (exact) mass is 445 g/mol. The highest BCUT2D eigenvalue weighted by Gasteiger charge is 2.10. The Morgan fingerprint density at radius 1 is 0.935 bits per heavy atom. The average Bonchev–Trinajstić information content (AvgIpc) is 2.77. The number of benzene rings is 2. The fourth-order valence-corrected chi connectivity index (χ4v) is 3.92. The van der Waals surface area contributed by atoms with Gasteiger partial charge in [0.1, 0.15) is 5.75 Å². The Morgan fingerprint density at radius 2 is 1.61 bits per heavy atom. The van der Waals surface area contributed by atoms with Gasteiger partial charge in [0.2, 0.25) is 0 Å². The molecule has 0 aromatic heterocycles. The molecular weight excluding hydrogens is 406 g/mol. The van der Waals surface area contributed by atoms with Gasteiger partial charge >= 0.3 is 0 Å². The molecular formula is C27H40ClNO2. The van der Waals surface area contributed by atoms with E-state index in [9.17, 15) is 5.11 Å². The van der Waals surface area contributed by atoms with Gasteiger partial charge in [-0.2, -0.15) is 0 Å². The summed E-state index contributed by atoms with van der Waals surface area (Å²) in [5, 5.41) is 14.4. The summed E-state index contributed by atoms with van der Waals surface area (Å²) in [6.07, 6.45) is 10.9. The van der Waals surface area contributed by atoms with E-state index in [0.29, 0.717) is 11.6 Å². The Labute approximate surface area is 194 Å². The molecule has 2 aromatic rings. The van der Waals surface area contributed by atoms with Gasteiger partial charge in [-0.05, 0) is 55.2 Å². The van der Waals surface area contributed by atoms with Crippen LogP contribution in [0, 0.1) is 0 Å². The van der Waals surface area contributed by atoms with Crippen LogP contribution >= 0.6 is 11.6 Å². The standard InChI is InChI=1S/C27H40ClNO2/c1-3-4-5-6-7-8-9-10-18-31-26-16-14-23(15-17-26)19-22(2)29-21-27(30)24-12-11-13-25(28)20-24/h11-17,20,22,27,29-30H,3-10,18-19,21H2,1-2H3. The van der Waals surface area contributed by atoms with Gasteiger partial charge in [-0.15, -0.1) is 0 Å². The van der Waals surface area contributed by atoms with Crippen LogP contribution in [0.2, 0.25) is 5.02 Å². The molecule has 172 valence electrons. The van der Waals surface area contributed by atoms with Gasteiger partial charge in [0.15, 0.2) is 0 Å². The third-order valence-corrected chi connectivity index (χ3v) is 5.86. The van der Waals surface area contributed by atoms with Crippen LogP contribution in [0.3, 0.4) is 0 Å². The second-order valence-corrected chi connectivity index (χ2v) is 8.99. The summed E-state index contributed by atoms with van der Waals surface area (Å²) in [5.74, 6) is 0.948. The highest BCUT2D eigenvalue weighted by molar-refractivity contribution is 6.30. The maximum Gasteiger partial charge on any atom is 0.119 e. The maximum atomic E-state index is 10.3. The van der Waals surface area contributed by atoms with E-state index in [1.807, 2.05) is 24.3 Å². The van der Waals surface area contributed by atoms with E-state index >= 15 is 0 Å². The van der Waals surface area contributed by atoms with Crippen molar-refractivity contribution < 1.29 is 9.84 Å².